The van der Waals surface area contributed by atoms with Crippen LogP contribution in [0.25, 0.3) is 88.7 Å². The fraction of sp³-hybridized carbons (Fsp3) is 0.0625. The molecule has 0 atom stereocenters. The first kappa shape index (κ1) is 29.5. The monoisotopic (exact) mass is 651 g/mol. The van der Waals surface area contributed by atoms with E-state index in [1.165, 1.54) is 54.7 Å². The Labute approximate surface area is 297 Å². The van der Waals surface area contributed by atoms with E-state index in [1.54, 1.807) is 0 Å². The maximum absolute atomic E-state index is 5.07. The molecular weight excluding hydrogens is 619 g/mol. The van der Waals surface area contributed by atoms with Gasteiger partial charge in [-0.15, -0.1) is 0 Å². The summed E-state index contributed by atoms with van der Waals surface area (Å²) in [6, 6.07) is 58.4. The van der Waals surface area contributed by atoms with Crippen LogP contribution in [-0.2, 0) is 5.41 Å². The zero-order chi connectivity index (χ0) is 34.1. The molecule has 0 amide bonds. The summed E-state index contributed by atoms with van der Waals surface area (Å²) < 4.78 is 0. The normalized spacial score (nSPS) is 13.1. The van der Waals surface area contributed by atoms with Gasteiger partial charge < -0.3 is 0 Å². The Hall–Kier alpha value is -6.45. The van der Waals surface area contributed by atoms with E-state index in [-0.39, 0.29) is 5.41 Å². The van der Waals surface area contributed by atoms with Crippen molar-refractivity contribution in [2.75, 3.05) is 0 Å². The molecule has 3 heteroatoms. The van der Waals surface area contributed by atoms with E-state index in [0.717, 1.165) is 27.6 Å². The molecule has 0 bridgehead atoms. The van der Waals surface area contributed by atoms with Gasteiger partial charge in [0, 0.05) is 22.1 Å². The van der Waals surface area contributed by atoms with E-state index < -0.39 is 0 Å². The summed E-state index contributed by atoms with van der Waals surface area (Å²) in [7, 11) is 0. The molecule has 8 aromatic carbocycles. The predicted octanol–water partition coefficient (Wildman–Crippen LogP) is 12.3. The van der Waals surface area contributed by atoms with Crippen molar-refractivity contribution in [2.45, 2.75) is 19.3 Å². The van der Waals surface area contributed by atoms with Gasteiger partial charge in [0.2, 0.25) is 0 Å². The standard InChI is InChI=1S/C48H33N3/c1-48(2)42-16-10-9-15-39(42)41-28-36-24-20-32-19-23-35-27-37(25-26-38(35)44(32)40(36)29-43(41)48)47-50-45(33-13-7-4-8-14-33)49-46(51-47)34-21-17-31(18-22-34)30-11-5-3-6-12-30/h3-29H,1-2H3. The summed E-state index contributed by atoms with van der Waals surface area (Å²) in [5, 5.41) is 7.46. The summed E-state index contributed by atoms with van der Waals surface area (Å²) >= 11 is 0. The van der Waals surface area contributed by atoms with Crippen molar-refractivity contribution < 1.29 is 0 Å². The minimum atomic E-state index is -0.0608. The van der Waals surface area contributed by atoms with E-state index in [9.17, 15) is 0 Å². The molecule has 3 nitrogen and oxygen atoms in total. The molecule has 0 spiro atoms. The van der Waals surface area contributed by atoms with Crippen molar-refractivity contribution in [3.63, 3.8) is 0 Å². The molecule has 1 heterocycles. The average Bonchev–Trinajstić information content (AvgIpc) is 3.42. The van der Waals surface area contributed by atoms with Crippen LogP contribution in [0.2, 0.25) is 0 Å². The van der Waals surface area contributed by atoms with Crippen LogP contribution >= 0.6 is 0 Å². The van der Waals surface area contributed by atoms with E-state index in [2.05, 4.69) is 153 Å². The zero-order valence-electron chi connectivity index (χ0n) is 28.4. The van der Waals surface area contributed by atoms with E-state index in [0.29, 0.717) is 17.5 Å². The molecule has 0 aliphatic heterocycles. The van der Waals surface area contributed by atoms with E-state index in [4.69, 9.17) is 15.0 Å². The zero-order valence-corrected chi connectivity index (χ0v) is 28.4. The smallest absolute Gasteiger partial charge is 0.164 e. The van der Waals surface area contributed by atoms with Gasteiger partial charge in [0.1, 0.15) is 0 Å². The minimum Gasteiger partial charge on any atom is -0.208 e. The highest BCUT2D eigenvalue weighted by molar-refractivity contribution is 6.21. The van der Waals surface area contributed by atoms with Gasteiger partial charge in [0.25, 0.3) is 0 Å². The van der Waals surface area contributed by atoms with Crippen LogP contribution in [0.1, 0.15) is 25.0 Å². The van der Waals surface area contributed by atoms with Gasteiger partial charge in [-0.05, 0) is 83.9 Å². The van der Waals surface area contributed by atoms with Crippen molar-refractivity contribution in [1.29, 1.82) is 0 Å². The highest BCUT2D eigenvalue weighted by Gasteiger charge is 2.35. The first-order valence-corrected chi connectivity index (χ1v) is 17.5. The van der Waals surface area contributed by atoms with Gasteiger partial charge in [-0.3, -0.25) is 0 Å². The molecule has 10 rings (SSSR count). The fourth-order valence-corrected chi connectivity index (χ4v) is 8.02. The molecule has 0 fully saturated rings. The Bertz CT molecular complexity index is 2800. The predicted molar refractivity (Wildman–Crippen MR) is 212 cm³/mol. The lowest BCUT2D eigenvalue weighted by molar-refractivity contribution is 0.661. The lowest BCUT2D eigenvalue weighted by atomic mass is 9.81. The second-order valence-electron chi connectivity index (χ2n) is 14.1. The van der Waals surface area contributed by atoms with Gasteiger partial charge in [0.15, 0.2) is 17.5 Å². The van der Waals surface area contributed by atoms with Crippen molar-refractivity contribution in [3.8, 4) is 56.4 Å². The number of nitrogens with zero attached hydrogens (tertiary/aromatic N) is 3. The Morgan fingerprint density at radius 1 is 0.353 bits per heavy atom. The molecule has 1 aliphatic carbocycles. The Balaban J connectivity index is 1.12. The molecule has 0 radical (unpaired) electrons. The quantitative estimate of drug-likeness (QED) is 0.178. The summed E-state index contributed by atoms with van der Waals surface area (Å²) in [6.45, 7) is 4.70. The van der Waals surface area contributed by atoms with Crippen molar-refractivity contribution in [3.05, 3.63) is 175 Å². The molecule has 0 saturated carbocycles. The van der Waals surface area contributed by atoms with Crippen LogP contribution in [0.4, 0.5) is 0 Å². The second kappa shape index (κ2) is 11.3. The second-order valence-corrected chi connectivity index (χ2v) is 14.1. The maximum Gasteiger partial charge on any atom is 0.164 e. The van der Waals surface area contributed by atoms with Crippen LogP contribution in [0.3, 0.4) is 0 Å². The Morgan fingerprint density at radius 2 is 0.863 bits per heavy atom. The Morgan fingerprint density at radius 3 is 1.57 bits per heavy atom. The van der Waals surface area contributed by atoms with Gasteiger partial charge in [-0.25, -0.2) is 15.0 Å². The van der Waals surface area contributed by atoms with Crippen LogP contribution in [-0.4, -0.2) is 15.0 Å². The van der Waals surface area contributed by atoms with Crippen LogP contribution in [0, 0.1) is 0 Å². The molecule has 0 unspecified atom stereocenters. The number of benzene rings is 8. The molecule has 51 heavy (non-hydrogen) atoms. The van der Waals surface area contributed by atoms with E-state index >= 15 is 0 Å². The summed E-state index contributed by atoms with van der Waals surface area (Å²) in [5.74, 6) is 1.97. The first-order valence-electron chi connectivity index (χ1n) is 17.5. The SMILES string of the molecule is CC1(C)c2ccccc2-c2cc3ccc4ccc5cc(-c6nc(-c7ccccc7)nc(-c7ccc(-c8ccccc8)cc7)n6)ccc5c4c3cc21. The van der Waals surface area contributed by atoms with Crippen LogP contribution < -0.4 is 0 Å². The van der Waals surface area contributed by atoms with Gasteiger partial charge in [-0.2, -0.15) is 0 Å². The number of rotatable bonds is 4. The van der Waals surface area contributed by atoms with Crippen molar-refractivity contribution in [2.24, 2.45) is 0 Å². The number of aromatic nitrogens is 3. The Kier molecular flexibility index (Phi) is 6.53. The van der Waals surface area contributed by atoms with Crippen molar-refractivity contribution in [1.82, 2.24) is 15.0 Å². The minimum absolute atomic E-state index is 0.0608. The fourth-order valence-electron chi connectivity index (χ4n) is 8.02. The molecule has 9 aromatic rings. The summed E-state index contributed by atoms with van der Waals surface area (Å²) in [6.07, 6.45) is 0. The van der Waals surface area contributed by atoms with Gasteiger partial charge in [-0.1, -0.05) is 159 Å². The molecular formula is C48H33N3. The molecule has 0 saturated heterocycles. The van der Waals surface area contributed by atoms with E-state index in [1.807, 2.05) is 24.3 Å². The summed E-state index contributed by atoms with van der Waals surface area (Å²) in [4.78, 5) is 15.1. The third kappa shape index (κ3) is 4.77. The van der Waals surface area contributed by atoms with Crippen LogP contribution in [0.5, 0.6) is 0 Å². The highest BCUT2D eigenvalue weighted by atomic mass is 15.0. The average molecular weight is 652 g/mol. The molecule has 1 aromatic heterocycles. The maximum atomic E-state index is 5.07. The third-order valence-corrected chi connectivity index (χ3v) is 10.7. The topological polar surface area (TPSA) is 38.7 Å². The summed E-state index contributed by atoms with van der Waals surface area (Å²) in [5.41, 5.74) is 10.6. The number of hydrogen-bond acceptors (Lipinski definition) is 3. The molecule has 0 N–H and O–H groups in total. The highest BCUT2D eigenvalue weighted by Crippen LogP contribution is 2.50. The van der Waals surface area contributed by atoms with Crippen molar-refractivity contribution >= 4 is 32.3 Å². The molecule has 1 aliphatic rings. The lowest BCUT2D eigenvalue weighted by Gasteiger charge is -2.22. The van der Waals surface area contributed by atoms with Gasteiger partial charge >= 0.3 is 0 Å². The van der Waals surface area contributed by atoms with Gasteiger partial charge in [0.05, 0.1) is 0 Å². The number of fused-ring (bicyclic) bond motifs is 8. The largest absolute Gasteiger partial charge is 0.208 e. The lowest BCUT2D eigenvalue weighted by Crippen LogP contribution is -2.14. The molecule has 240 valence electrons. The number of hydrogen-bond donors (Lipinski definition) is 0. The first-order chi connectivity index (χ1) is 25.0. The third-order valence-electron chi connectivity index (χ3n) is 10.7. The van der Waals surface area contributed by atoms with Crippen LogP contribution in [0.15, 0.2) is 164 Å².